The number of allylic oxidation sites excluding steroid dienone is 1. The third-order valence-electron chi connectivity index (χ3n) is 3.58. The molecule has 1 amide bonds. The Morgan fingerprint density at radius 1 is 1.35 bits per heavy atom. The molecule has 2 heterocycles. The monoisotopic (exact) mass is 357 g/mol. The van der Waals surface area contributed by atoms with E-state index in [1.807, 2.05) is 0 Å². The lowest BCUT2D eigenvalue weighted by Gasteiger charge is -2.10. The van der Waals surface area contributed by atoms with Crippen molar-refractivity contribution in [3.8, 4) is 11.5 Å². The van der Waals surface area contributed by atoms with Crippen LogP contribution in [0.4, 0.5) is 0 Å². The van der Waals surface area contributed by atoms with E-state index in [9.17, 15) is 14.4 Å². The molecule has 8 nitrogen and oxygen atoms in total. The summed E-state index contributed by atoms with van der Waals surface area (Å²) in [5.74, 6) is -0.758. The Kier molecular flexibility index (Phi) is 4.74. The number of rotatable bonds is 6. The summed E-state index contributed by atoms with van der Waals surface area (Å²) in [6, 6.07) is 6.93. The topological polar surface area (TPSA) is 115 Å². The van der Waals surface area contributed by atoms with E-state index in [1.165, 1.54) is 37.5 Å². The first-order valence-corrected chi connectivity index (χ1v) is 7.71. The highest BCUT2D eigenvalue weighted by Gasteiger charge is 2.28. The van der Waals surface area contributed by atoms with E-state index in [4.69, 9.17) is 19.0 Å². The van der Waals surface area contributed by atoms with Crippen molar-refractivity contribution >= 4 is 23.7 Å². The average molecular weight is 357 g/mol. The average Bonchev–Trinajstić information content (AvgIpc) is 3.22. The number of carboxylic acids is 1. The summed E-state index contributed by atoms with van der Waals surface area (Å²) >= 11 is 0. The van der Waals surface area contributed by atoms with Crippen LogP contribution in [-0.4, -0.2) is 35.4 Å². The van der Waals surface area contributed by atoms with Gasteiger partial charge in [-0.25, -0.2) is 0 Å². The summed E-state index contributed by atoms with van der Waals surface area (Å²) in [5, 5.41) is 11.0. The molecule has 26 heavy (non-hydrogen) atoms. The van der Waals surface area contributed by atoms with E-state index in [-0.39, 0.29) is 18.1 Å². The maximum Gasteiger partial charge on any atom is 0.325 e. The fraction of sp³-hybridized carbons (Fsp3) is 0.167. The molecule has 1 aromatic heterocycles. The summed E-state index contributed by atoms with van der Waals surface area (Å²) in [6.07, 6.45) is 2.98. The molecule has 0 fully saturated rings. The number of benzene rings is 1. The molecule has 1 aliphatic rings. The Morgan fingerprint density at radius 2 is 2.15 bits per heavy atom. The van der Waals surface area contributed by atoms with E-state index in [1.54, 1.807) is 12.1 Å². The minimum Gasteiger partial charge on any atom is -0.484 e. The number of ether oxygens (including phenoxy) is 2. The van der Waals surface area contributed by atoms with Gasteiger partial charge in [0.05, 0.1) is 11.8 Å². The first-order chi connectivity index (χ1) is 12.4. The highest BCUT2D eigenvalue weighted by atomic mass is 16.5. The molecule has 8 heteroatoms. The Labute approximate surface area is 148 Å². The summed E-state index contributed by atoms with van der Waals surface area (Å²) in [7, 11) is 0. The zero-order chi connectivity index (χ0) is 18.7. The van der Waals surface area contributed by atoms with Crippen LogP contribution in [0.2, 0.25) is 0 Å². The molecule has 0 aliphatic carbocycles. The first-order valence-electron chi connectivity index (χ1n) is 7.71. The van der Waals surface area contributed by atoms with Gasteiger partial charge >= 0.3 is 5.97 Å². The van der Waals surface area contributed by atoms with Crippen LogP contribution in [0.15, 0.2) is 46.8 Å². The number of carbonyl (C=O) groups is 3. The van der Waals surface area contributed by atoms with Gasteiger partial charge in [0.2, 0.25) is 5.78 Å². The molecule has 1 atom stereocenters. The zero-order valence-corrected chi connectivity index (χ0v) is 13.7. The van der Waals surface area contributed by atoms with E-state index < -0.39 is 17.9 Å². The van der Waals surface area contributed by atoms with Crippen molar-refractivity contribution in [2.45, 2.75) is 13.0 Å². The lowest BCUT2D eigenvalue weighted by atomic mass is 10.1. The number of carbonyl (C=O) groups excluding carboxylic acids is 2. The number of Topliss-reactive ketones (excluding diaryl/α,β-unsaturated/α-hetero) is 1. The van der Waals surface area contributed by atoms with Gasteiger partial charge in [0, 0.05) is 12.1 Å². The largest absolute Gasteiger partial charge is 0.484 e. The summed E-state index contributed by atoms with van der Waals surface area (Å²) in [4.78, 5) is 34.6. The standard InChI is InChI=1S/C18H15NO7/c1-10(18(22)23)19-16(20)9-25-12-4-5-13-14(7-12)26-15(17(13)21)8-11-3-2-6-24-11/h2-8,10H,9H2,1H3,(H,19,20)(H,22,23). The van der Waals surface area contributed by atoms with E-state index in [0.717, 1.165) is 0 Å². The van der Waals surface area contributed by atoms with Crippen LogP contribution in [0.3, 0.4) is 0 Å². The smallest absolute Gasteiger partial charge is 0.325 e. The molecule has 0 saturated carbocycles. The Bertz CT molecular complexity index is 883. The van der Waals surface area contributed by atoms with Crippen LogP contribution in [0.5, 0.6) is 11.5 Å². The molecular formula is C18H15NO7. The molecule has 0 spiro atoms. The molecule has 2 N–H and O–H groups in total. The second kappa shape index (κ2) is 7.14. The van der Waals surface area contributed by atoms with Crippen LogP contribution in [0.25, 0.3) is 6.08 Å². The molecule has 1 unspecified atom stereocenters. The third-order valence-corrected chi connectivity index (χ3v) is 3.58. The van der Waals surface area contributed by atoms with Gasteiger partial charge in [0.25, 0.3) is 5.91 Å². The predicted octanol–water partition coefficient (Wildman–Crippen LogP) is 1.86. The molecule has 0 bridgehead atoms. The molecule has 3 rings (SSSR count). The number of furan rings is 1. The number of hydrogen-bond acceptors (Lipinski definition) is 6. The van der Waals surface area contributed by atoms with Crippen molar-refractivity contribution in [3.05, 3.63) is 53.7 Å². The van der Waals surface area contributed by atoms with E-state index in [2.05, 4.69) is 5.32 Å². The maximum absolute atomic E-state index is 12.3. The summed E-state index contributed by atoms with van der Waals surface area (Å²) < 4.78 is 16.0. The quantitative estimate of drug-likeness (QED) is 0.758. The molecule has 0 radical (unpaired) electrons. The second-order valence-corrected chi connectivity index (χ2v) is 5.53. The number of amides is 1. The van der Waals surface area contributed by atoms with Gasteiger partial charge in [0.15, 0.2) is 12.4 Å². The Hall–Kier alpha value is -3.55. The molecule has 134 valence electrons. The van der Waals surface area contributed by atoms with Gasteiger partial charge in [-0.1, -0.05) is 0 Å². The fourth-order valence-corrected chi connectivity index (χ4v) is 2.25. The lowest BCUT2D eigenvalue weighted by molar-refractivity contribution is -0.141. The minimum atomic E-state index is -1.14. The van der Waals surface area contributed by atoms with Crippen molar-refractivity contribution in [2.75, 3.05) is 6.61 Å². The number of aliphatic carboxylic acids is 1. The van der Waals surface area contributed by atoms with Crippen molar-refractivity contribution in [1.82, 2.24) is 5.32 Å². The van der Waals surface area contributed by atoms with Gasteiger partial charge < -0.3 is 24.3 Å². The van der Waals surface area contributed by atoms with Crippen molar-refractivity contribution in [2.24, 2.45) is 0 Å². The Morgan fingerprint density at radius 3 is 2.85 bits per heavy atom. The van der Waals surface area contributed by atoms with Crippen LogP contribution < -0.4 is 14.8 Å². The Balaban J connectivity index is 1.65. The molecule has 2 aromatic rings. The number of ketones is 1. The van der Waals surface area contributed by atoms with E-state index >= 15 is 0 Å². The van der Waals surface area contributed by atoms with Gasteiger partial charge in [-0.3, -0.25) is 14.4 Å². The van der Waals surface area contributed by atoms with Gasteiger partial charge in [-0.2, -0.15) is 0 Å². The number of hydrogen-bond donors (Lipinski definition) is 2. The van der Waals surface area contributed by atoms with E-state index in [0.29, 0.717) is 22.8 Å². The number of fused-ring (bicyclic) bond motifs is 1. The maximum atomic E-state index is 12.3. The zero-order valence-electron chi connectivity index (χ0n) is 13.7. The van der Waals surface area contributed by atoms with Crippen LogP contribution >= 0.6 is 0 Å². The molecular weight excluding hydrogens is 342 g/mol. The van der Waals surface area contributed by atoms with Gasteiger partial charge in [-0.05, 0) is 31.2 Å². The molecule has 1 aromatic carbocycles. The molecule has 1 aliphatic heterocycles. The molecule has 0 saturated heterocycles. The van der Waals surface area contributed by atoms with Crippen molar-refractivity contribution in [1.29, 1.82) is 0 Å². The summed E-state index contributed by atoms with van der Waals surface area (Å²) in [6.45, 7) is 0.988. The predicted molar refractivity (Wildman–Crippen MR) is 88.8 cm³/mol. The lowest BCUT2D eigenvalue weighted by Crippen LogP contribution is -2.40. The van der Waals surface area contributed by atoms with Crippen molar-refractivity contribution < 1.29 is 33.4 Å². The van der Waals surface area contributed by atoms with Crippen LogP contribution in [0, 0.1) is 0 Å². The van der Waals surface area contributed by atoms with Crippen LogP contribution in [0.1, 0.15) is 23.0 Å². The number of carboxylic acid groups (broad SMARTS) is 1. The third kappa shape index (κ3) is 3.75. The first kappa shape index (κ1) is 17.3. The van der Waals surface area contributed by atoms with Gasteiger partial charge in [0.1, 0.15) is 23.3 Å². The van der Waals surface area contributed by atoms with Gasteiger partial charge in [-0.15, -0.1) is 0 Å². The fourth-order valence-electron chi connectivity index (χ4n) is 2.25. The van der Waals surface area contributed by atoms with Crippen LogP contribution in [-0.2, 0) is 9.59 Å². The highest BCUT2D eigenvalue weighted by Crippen LogP contribution is 2.34. The number of nitrogens with one attached hydrogen (secondary N) is 1. The summed E-state index contributed by atoms with van der Waals surface area (Å²) in [5.41, 5.74) is 0.374. The second-order valence-electron chi connectivity index (χ2n) is 5.53. The van der Waals surface area contributed by atoms with Crippen molar-refractivity contribution in [3.63, 3.8) is 0 Å². The normalized spacial score (nSPS) is 15.3. The minimum absolute atomic E-state index is 0.125. The SMILES string of the molecule is CC(NC(=O)COc1ccc2c(c1)OC(=Cc1ccco1)C2=O)C(=O)O. The highest BCUT2D eigenvalue weighted by molar-refractivity contribution is 6.14.